The Morgan fingerprint density at radius 2 is 1.71 bits per heavy atom. The van der Waals surface area contributed by atoms with Gasteiger partial charge in [0, 0.05) is 54.5 Å². The number of hydrogen-bond donors (Lipinski definition) is 2. The first-order chi connectivity index (χ1) is 28.4. The van der Waals surface area contributed by atoms with E-state index in [1.807, 2.05) is 53.5 Å². The number of aromatic nitrogens is 5. The van der Waals surface area contributed by atoms with Gasteiger partial charge in [0.05, 0.1) is 23.9 Å². The fraction of sp³-hybridized carbons (Fsp3) is 0.479. The van der Waals surface area contributed by atoms with Crippen molar-refractivity contribution in [1.82, 2.24) is 29.5 Å². The minimum atomic E-state index is -0.257. The zero-order chi connectivity index (χ0) is 40.6. The van der Waals surface area contributed by atoms with Gasteiger partial charge in [-0.15, -0.1) is 5.10 Å². The van der Waals surface area contributed by atoms with E-state index in [-0.39, 0.29) is 22.9 Å². The Kier molecular flexibility index (Phi) is 9.34. The summed E-state index contributed by atoms with van der Waals surface area (Å²) in [6.45, 7) is 12.7. The molecule has 59 heavy (non-hydrogen) atoms. The van der Waals surface area contributed by atoms with Gasteiger partial charge in [-0.2, -0.15) is 0 Å². The molecule has 2 spiro atoms. The molecule has 2 N–H and O–H groups in total. The molecule has 10 nitrogen and oxygen atoms in total. The summed E-state index contributed by atoms with van der Waals surface area (Å²) in [5, 5.41) is 9.39. The van der Waals surface area contributed by atoms with Gasteiger partial charge in [-0.05, 0) is 135 Å². The first-order valence-corrected chi connectivity index (χ1v) is 22.4. The lowest BCUT2D eigenvalue weighted by Gasteiger charge is -2.34. The SMILES string of the molecule is CC(C)(C)c1ccnc(C2CCC3CN(c4nc(-n5ccc(OCCC6C7(CC7)C67CC7)n5)c(Cc5ccccc5)cc4C(=O)NSc4cccc(n4)N2)C(C)(C)C3)c1. The Morgan fingerprint density at radius 3 is 2.47 bits per heavy atom. The maximum absolute atomic E-state index is 14.5. The number of nitrogens with one attached hydrogen (secondary N) is 2. The lowest BCUT2D eigenvalue weighted by molar-refractivity contribution is 0.0984. The number of carbonyl (C=O) groups is 1. The van der Waals surface area contributed by atoms with Crippen LogP contribution in [0.15, 0.2) is 90.2 Å². The molecule has 6 heterocycles. The number of carbonyl (C=O) groups excluding carboxylic acids is 1. The predicted molar refractivity (Wildman–Crippen MR) is 233 cm³/mol. The Morgan fingerprint density at radius 1 is 0.915 bits per heavy atom. The molecule has 10 rings (SSSR count). The van der Waals surface area contributed by atoms with Crippen molar-refractivity contribution in [3.05, 3.63) is 113 Å². The molecular weight excluding hydrogens is 753 g/mol. The van der Waals surface area contributed by atoms with Crippen molar-refractivity contribution in [1.29, 1.82) is 0 Å². The first kappa shape index (κ1) is 38.3. The molecule has 306 valence electrons. The van der Waals surface area contributed by atoms with E-state index in [2.05, 4.69) is 86.0 Å². The lowest BCUT2D eigenvalue weighted by Crippen LogP contribution is -2.40. The molecule has 3 saturated carbocycles. The second-order valence-electron chi connectivity index (χ2n) is 19.5. The minimum absolute atomic E-state index is 0.000552. The van der Waals surface area contributed by atoms with E-state index < -0.39 is 0 Å². The van der Waals surface area contributed by atoms with E-state index in [9.17, 15) is 4.79 Å². The summed E-state index contributed by atoms with van der Waals surface area (Å²) in [7, 11) is 0. The van der Waals surface area contributed by atoms with Crippen molar-refractivity contribution in [3.8, 4) is 11.7 Å². The summed E-state index contributed by atoms with van der Waals surface area (Å²) in [6.07, 6.45) is 14.1. The molecule has 2 unspecified atom stereocenters. The third-order valence-electron chi connectivity index (χ3n) is 14.2. The summed E-state index contributed by atoms with van der Waals surface area (Å²) >= 11 is 1.22. The van der Waals surface area contributed by atoms with Gasteiger partial charge in [0.25, 0.3) is 5.91 Å². The van der Waals surface area contributed by atoms with Crippen LogP contribution in [0.1, 0.15) is 125 Å². The third-order valence-corrected chi connectivity index (χ3v) is 14.9. The monoisotopic (exact) mass is 808 g/mol. The van der Waals surface area contributed by atoms with Crippen LogP contribution in [-0.4, -0.2) is 49.3 Å². The minimum Gasteiger partial charge on any atom is -0.477 e. The van der Waals surface area contributed by atoms with E-state index >= 15 is 0 Å². The van der Waals surface area contributed by atoms with Gasteiger partial charge < -0.3 is 15.0 Å². The zero-order valence-corrected chi connectivity index (χ0v) is 35.8. The topological polar surface area (TPSA) is 110 Å². The van der Waals surface area contributed by atoms with Crippen LogP contribution >= 0.6 is 11.9 Å². The van der Waals surface area contributed by atoms with Crippen molar-refractivity contribution in [2.24, 2.45) is 22.7 Å². The number of nitrogens with zero attached hydrogens (tertiary/aromatic N) is 6. The quantitative estimate of drug-likeness (QED) is 0.148. The van der Waals surface area contributed by atoms with E-state index in [4.69, 9.17) is 24.8 Å². The van der Waals surface area contributed by atoms with Crippen LogP contribution in [0.5, 0.6) is 5.88 Å². The molecule has 4 fully saturated rings. The molecular formula is C48H56N8O2S. The van der Waals surface area contributed by atoms with Gasteiger partial charge in [-0.3, -0.25) is 14.5 Å². The number of benzene rings is 1. The van der Waals surface area contributed by atoms with Crippen molar-refractivity contribution in [2.45, 2.75) is 114 Å². The van der Waals surface area contributed by atoms with Crippen molar-refractivity contribution in [2.75, 3.05) is 23.4 Å². The standard InChI is InChI=1S/C48H56N8O2S/c1-45(2,3)34-16-23-49-37(28-34)36-15-14-32-29-46(4,5)55(30-32)43-35(44(57)54-59-41-13-9-12-39(50-36)51-41)27-33(26-31-10-7-6-8-11-31)42(52-43)56-24-17-40(53-56)58-25-18-38-47(19-20-47)48(38)21-22-48/h6-13,16-17,23-24,27-28,32,36,38H,14-15,18-22,25-26,29-30H2,1-5H3,(H,50,51)(H,54,57). The van der Waals surface area contributed by atoms with Crippen molar-refractivity contribution in [3.63, 3.8) is 0 Å². The van der Waals surface area contributed by atoms with Crippen LogP contribution in [0.4, 0.5) is 11.6 Å². The molecule has 3 aliphatic carbocycles. The summed E-state index contributed by atoms with van der Waals surface area (Å²) in [5.74, 6) is 3.74. The Hall–Kier alpha value is -4.90. The highest BCUT2D eigenvalue weighted by Gasteiger charge is 2.85. The fourth-order valence-corrected chi connectivity index (χ4v) is 11.4. The Bertz CT molecular complexity index is 2360. The van der Waals surface area contributed by atoms with Gasteiger partial charge in [0.1, 0.15) is 16.7 Å². The average Bonchev–Trinajstić information content (AvgIpc) is 4.18. The molecule has 5 aromatic rings. The largest absolute Gasteiger partial charge is 0.477 e. The van der Waals surface area contributed by atoms with Gasteiger partial charge in [-0.25, -0.2) is 14.6 Å². The summed E-state index contributed by atoms with van der Waals surface area (Å²) < 4.78 is 11.3. The lowest BCUT2D eigenvalue weighted by atomic mass is 9.86. The van der Waals surface area contributed by atoms with Gasteiger partial charge in [-0.1, -0.05) is 57.2 Å². The van der Waals surface area contributed by atoms with Gasteiger partial charge in [0.2, 0.25) is 5.88 Å². The molecule has 2 aliphatic heterocycles. The third kappa shape index (κ3) is 7.27. The predicted octanol–water partition coefficient (Wildman–Crippen LogP) is 9.89. The van der Waals surface area contributed by atoms with E-state index in [0.29, 0.717) is 57.9 Å². The summed E-state index contributed by atoms with van der Waals surface area (Å²) in [5.41, 5.74) is 5.94. The summed E-state index contributed by atoms with van der Waals surface area (Å²) in [6, 6.07) is 24.6. The molecule has 1 amide bonds. The molecule has 5 aliphatic rings. The zero-order valence-electron chi connectivity index (χ0n) is 35.0. The van der Waals surface area contributed by atoms with Crippen LogP contribution in [-0.2, 0) is 11.8 Å². The van der Waals surface area contributed by atoms with E-state index in [0.717, 1.165) is 60.8 Å². The average molecular weight is 809 g/mol. The van der Waals surface area contributed by atoms with Crippen LogP contribution in [0, 0.1) is 22.7 Å². The molecule has 4 bridgehead atoms. The van der Waals surface area contributed by atoms with Crippen LogP contribution in [0.3, 0.4) is 0 Å². The molecule has 4 aromatic heterocycles. The number of anilines is 2. The first-order valence-electron chi connectivity index (χ1n) is 21.6. The molecule has 1 aromatic carbocycles. The molecule has 1 saturated heterocycles. The number of fused-ring (bicyclic) bond motifs is 7. The highest BCUT2D eigenvalue weighted by atomic mass is 32.2. The van der Waals surface area contributed by atoms with E-state index in [1.54, 1.807) is 0 Å². The maximum Gasteiger partial charge on any atom is 0.265 e. The van der Waals surface area contributed by atoms with Crippen LogP contribution in [0.25, 0.3) is 5.82 Å². The maximum atomic E-state index is 14.5. The number of amides is 1. The molecule has 0 radical (unpaired) electrons. The number of pyridine rings is 3. The second kappa shape index (κ2) is 14.4. The normalized spacial score (nSPS) is 22.5. The van der Waals surface area contributed by atoms with Crippen LogP contribution < -0.4 is 19.7 Å². The molecule has 11 heteroatoms. The summed E-state index contributed by atoms with van der Waals surface area (Å²) in [4.78, 5) is 32.2. The fourth-order valence-electron chi connectivity index (χ4n) is 10.8. The highest BCUT2D eigenvalue weighted by molar-refractivity contribution is 7.97. The number of hydrogen-bond acceptors (Lipinski definition) is 9. The van der Waals surface area contributed by atoms with Gasteiger partial charge in [0.15, 0.2) is 5.82 Å². The Balaban J connectivity index is 0.994. The molecule has 2 atom stereocenters. The van der Waals surface area contributed by atoms with E-state index in [1.165, 1.54) is 43.2 Å². The highest BCUT2D eigenvalue weighted by Crippen LogP contribution is 2.93. The smallest absolute Gasteiger partial charge is 0.265 e. The number of ether oxygens (including phenoxy) is 1. The van der Waals surface area contributed by atoms with Crippen LogP contribution in [0.2, 0.25) is 0 Å². The Labute approximate surface area is 352 Å². The second-order valence-corrected chi connectivity index (χ2v) is 20.3. The van der Waals surface area contributed by atoms with Crippen molar-refractivity contribution < 1.29 is 9.53 Å². The number of rotatable bonds is 8. The van der Waals surface area contributed by atoms with Crippen molar-refractivity contribution >= 4 is 29.5 Å². The van der Waals surface area contributed by atoms with Gasteiger partial charge >= 0.3 is 0 Å².